The molecule has 0 bridgehead atoms. The Hall–Kier alpha value is -2.96. The number of carbonyl (C=O) groups excluding carboxylic acids is 1. The molecule has 1 heterocycles. The number of aliphatic imine (C=N–C) groups is 2. The third-order valence-corrected chi connectivity index (χ3v) is 3.66. The van der Waals surface area contributed by atoms with Gasteiger partial charge >= 0.3 is 6.18 Å². The summed E-state index contributed by atoms with van der Waals surface area (Å²) in [5.41, 5.74) is -0.124. The van der Waals surface area contributed by atoms with E-state index in [-0.39, 0.29) is 28.6 Å². The molecule has 2 aromatic rings. The fourth-order valence-corrected chi connectivity index (χ4v) is 2.39. The fourth-order valence-electron chi connectivity index (χ4n) is 2.39. The van der Waals surface area contributed by atoms with Gasteiger partial charge in [0.2, 0.25) is 0 Å². The first-order valence-electron chi connectivity index (χ1n) is 7.38. The predicted molar refractivity (Wildman–Crippen MR) is 88.2 cm³/mol. The number of ketones is 1. The maximum absolute atomic E-state index is 13.1. The Morgan fingerprint density at radius 3 is 2.36 bits per heavy atom. The normalized spacial score (nSPS) is 14.1. The third-order valence-electron chi connectivity index (χ3n) is 3.66. The van der Waals surface area contributed by atoms with E-state index >= 15 is 0 Å². The summed E-state index contributed by atoms with van der Waals surface area (Å²) in [6.45, 7) is 0. The highest BCUT2D eigenvalue weighted by Gasteiger charge is 2.37. The molecule has 0 amide bonds. The second kappa shape index (κ2) is 6.51. The molecule has 0 aromatic heterocycles. The Balaban J connectivity index is 2.08. The van der Waals surface area contributed by atoms with Gasteiger partial charge in [0, 0.05) is 11.1 Å². The first kappa shape index (κ1) is 16.9. The number of halogens is 3. The highest BCUT2D eigenvalue weighted by Crippen LogP contribution is 2.35. The van der Waals surface area contributed by atoms with Gasteiger partial charge in [-0.2, -0.15) is 13.2 Å². The van der Waals surface area contributed by atoms with Crippen molar-refractivity contribution in [2.24, 2.45) is 9.98 Å². The number of ether oxygens (including phenoxy) is 1. The molecule has 0 atom stereocenters. The lowest BCUT2D eigenvalue weighted by Gasteiger charge is -2.09. The Labute approximate surface area is 141 Å². The summed E-state index contributed by atoms with van der Waals surface area (Å²) in [5.74, 6) is -0.385. The second-order valence-corrected chi connectivity index (χ2v) is 5.34. The van der Waals surface area contributed by atoms with Crippen LogP contribution in [0.3, 0.4) is 0 Å². The van der Waals surface area contributed by atoms with Gasteiger partial charge in [-0.25, -0.2) is 9.98 Å². The minimum atomic E-state index is -4.61. The number of hydrogen-bond donors (Lipinski definition) is 0. The molecule has 0 unspecified atom stereocenters. The number of carbonyl (C=O) groups is 1. The number of nitrogens with zero attached hydrogens (tertiary/aromatic N) is 2. The first-order valence-corrected chi connectivity index (χ1v) is 7.38. The zero-order chi connectivity index (χ0) is 18.0. The van der Waals surface area contributed by atoms with Crippen molar-refractivity contribution >= 4 is 28.8 Å². The van der Waals surface area contributed by atoms with Crippen LogP contribution in [0, 0.1) is 0 Å². The van der Waals surface area contributed by atoms with Crippen molar-refractivity contribution < 1.29 is 22.7 Å². The zero-order valence-corrected chi connectivity index (χ0v) is 13.2. The summed E-state index contributed by atoms with van der Waals surface area (Å²) in [4.78, 5) is 20.2. The maximum atomic E-state index is 13.1. The molecule has 0 radical (unpaired) electrons. The lowest BCUT2D eigenvalue weighted by atomic mass is 10.0. The van der Waals surface area contributed by atoms with Crippen LogP contribution in [0.2, 0.25) is 0 Å². The number of alkyl halides is 3. The summed E-state index contributed by atoms with van der Waals surface area (Å²) in [7, 11) is 1.26. The smallest absolute Gasteiger partial charge is 0.430 e. The average molecular weight is 346 g/mol. The minimum absolute atomic E-state index is 0.0128. The summed E-state index contributed by atoms with van der Waals surface area (Å²) < 4.78 is 44.3. The Morgan fingerprint density at radius 2 is 1.72 bits per heavy atom. The molecule has 3 rings (SSSR count). The molecule has 7 heteroatoms. The Kier molecular flexibility index (Phi) is 4.39. The third kappa shape index (κ3) is 3.60. The van der Waals surface area contributed by atoms with E-state index in [4.69, 9.17) is 4.74 Å². The monoisotopic (exact) mass is 346 g/mol. The van der Waals surface area contributed by atoms with Crippen LogP contribution in [0.15, 0.2) is 58.5 Å². The van der Waals surface area contributed by atoms with Gasteiger partial charge in [0.15, 0.2) is 11.7 Å². The molecular formula is C18H13F3N2O2. The number of rotatable bonds is 2. The molecule has 0 saturated heterocycles. The quantitative estimate of drug-likeness (QED) is 0.744. The summed E-state index contributed by atoms with van der Waals surface area (Å²) in [5, 5.41) is 0. The zero-order valence-electron chi connectivity index (χ0n) is 13.2. The van der Waals surface area contributed by atoms with Crippen LogP contribution in [0.5, 0.6) is 0 Å². The average Bonchev–Trinajstić information content (AvgIpc) is 2.80. The van der Waals surface area contributed by atoms with Crippen LogP contribution in [0.1, 0.15) is 22.3 Å². The topological polar surface area (TPSA) is 51.0 Å². The van der Waals surface area contributed by atoms with E-state index in [1.54, 1.807) is 30.3 Å². The van der Waals surface area contributed by atoms with Crippen LogP contribution in [0.25, 0.3) is 0 Å². The molecule has 0 N–H and O–H groups in total. The highest BCUT2D eigenvalue weighted by molar-refractivity contribution is 6.11. The van der Waals surface area contributed by atoms with Gasteiger partial charge in [-0.1, -0.05) is 30.3 Å². The van der Waals surface area contributed by atoms with E-state index in [2.05, 4.69) is 9.98 Å². The van der Waals surface area contributed by atoms with Crippen molar-refractivity contribution in [2.45, 2.75) is 12.6 Å². The number of benzene rings is 2. The van der Waals surface area contributed by atoms with E-state index in [1.807, 2.05) is 0 Å². The van der Waals surface area contributed by atoms with Crippen LogP contribution in [-0.2, 0) is 4.74 Å². The molecule has 25 heavy (non-hydrogen) atoms. The Morgan fingerprint density at radius 1 is 1.00 bits per heavy atom. The molecule has 0 fully saturated rings. The standard InChI is InChI=1S/C18H13F3N2O2/c1-25-16-10-15(18(19,20)21)22-14-9-12(7-8-13(14)23-16)17(24)11-5-3-2-4-6-11/h2-9H,10H2,1H3. The summed E-state index contributed by atoms with van der Waals surface area (Å²) in [6, 6.07) is 12.8. The van der Waals surface area contributed by atoms with Gasteiger partial charge in [0.1, 0.15) is 5.71 Å². The SMILES string of the molecule is COC1=Nc2ccc(C(=O)c3ccccc3)cc2N=C(C(F)(F)F)C1. The largest absolute Gasteiger partial charge is 0.484 e. The fraction of sp³-hybridized carbons (Fsp3) is 0.167. The van der Waals surface area contributed by atoms with Crippen molar-refractivity contribution in [3.8, 4) is 0 Å². The minimum Gasteiger partial charge on any atom is -0.484 e. The maximum Gasteiger partial charge on any atom is 0.430 e. The lowest BCUT2D eigenvalue weighted by molar-refractivity contribution is -0.0598. The van der Waals surface area contributed by atoms with Crippen molar-refractivity contribution in [1.82, 2.24) is 0 Å². The summed E-state index contributed by atoms with van der Waals surface area (Å²) in [6.07, 6.45) is -5.17. The van der Waals surface area contributed by atoms with Gasteiger partial charge in [-0.15, -0.1) is 0 Å². The van der Waals surface area contributed by atoms with Gasteiger partial charge in [0.25, 0.3) is 0 Å². The van der Waals surface area contributed by atoms with Gasteiger partial charge in [-0.3, -0.25) is 4.79 Å². The van der Waals surface area contributed by atoms with Crippen molar-refractivity contribution in [3.63, 3.8) is 0 Å². The number of methoxy groups -OCH3 is 1. The predicted octanol–water partition coefficient (Wildman–Crippen LogP) is 4.63. The van der Waals surface area contributed by atoms with Gasteiger partial charge in [0.05, 0.1) is 24.9 Å². The molecule has 0 spiro atoms. The molecule has 0 aliphatic carbocycles. The molecule has 1 aliphatic rings. The second-order valence-electron chi connectivity index (χ2n) is 5.34. The molecule has 0 saturated carbocycles. The highest BCUT2D eigenvalue weighted by atomic mass is 19.4. The van der Waals surface area contributed by atoms with Crippen LogP contribution < -0.4 is 0 Å². The van der Waals surface area contributed by atoms with E-state index in [0.29, 0.717) is 5.56 Å². The molecule has 1 aliphatic heterocycles. The number of fused-ring (bicyclic) bond motifs is 1. The molecule has 128 valence electrons. The van der Waals surface area contributed by atoms with Crippen LogP contribution >= 0.6 is 0 Å². The van der Waals surface area contributed by atoms with E-state index in [9.17, 15) is 18.0 Å². The molecular weight excluding hydrogens is 333 g/mol. The van der Waals surface area contributed by atoms with Crippen molar-refractivity contribution in [2.75, 3.05) is 7.11 Å². The summed E-state index contributed by atoms with van der Waals surface area (Å²) >= 11 is 0. The van der Waals surface area contributed by atoms with E-state index in [1.165, 1.54) is 25.3 Å². The van der Waals surface area contributed by atoms with E-state index in [0.717, 1.165) is 0 Å². The van der Waals surface area contributed by atoms with Crippen LogP contribution in [-0.4, -0.2) is 30.7 Å². The van der Waals surface area contributed by atoms with Crippen LogP contribution in [0.4, 0.5) is 24.5 Å². The molecule has 2 aromatic carbocycles. The van der Waals surface area contributed by atoms with E-state index < -0.39 is 18.3 Å². The first-order chi connectivity index (χ1) is 11.9. The molecule has 4 nitrogen and oxygen atoms in total. The van der Waals surface area contributed by atoms with Crippen molar-refractivity contribution in [1.29, 1.82) is 0 Å². The number of hydrogen-bond acceptors (Lipinski definition) is 4. The lowest BCUT2D eigenvalue weighted by Crippen LogP contribution is -2.25. The van der Waals surface area contributed by atoms with Gasteiger partial charge in [-0.05, 0) is 18.2 Å². The Bertz CT molecular complexity index is 872. The van der Waals surface area contributed by atoms with Crippen molar-refractivity contribution in [3.05, 3.63) is 59.7 Å². The van der Waals surface area contributed by atoms with Gasteiger partial charge < -0.3 is 4.74 Å².